The van der Waals surface area contributed by atoms with Crippen molar-refractivity contribution in [3.05, 3.63) is 53.6 Å². The molecule has 8 heteroatoms. The second kappa shape index (κ2) is 8.79. The highest BCUT2D eigenvalue weighted by atomic mass is 19.1. The van der Waals surface area contributed by atoms with Crippen LogP contribution in [0.3, 0.4) is 0 Å². The number of carbonyl (C=O) groups excluding carboxylic acids is 2. The second-order valence-electron chi connectivity index (χ2n) is 12.9. The number of nitrogens with zero attached hydrogens (tertiary/aromatic N) is 1. The molecule has 4 fully saturated rings. The molecule has 39 heavy (non-hydrogen) atoms. The molecule has 1 saturated heterocycles. The van der Waals surface area contributed by atoms with Crippen molar-refractivity contribution in [2.45, 2.75) is 57.6 Å². The van der Waals surface area contributed by atoms with Gasteiger partial charge in [0.1, 0.15) is 18.5 Å². The minimum Gasteiger partial charge on any atom is -0.497 e. The predicted octanol–water partition coefficient (Wildman–Crippen LogP) is 3.60. The van der Waals surface area contributed by atoms with E-state index < -0.39 is 46.7 Å². The van der Waals surface area contributed by atoms with E-state index in [1.54, 1.807) is 14.0 Å². The highest BCUT2D eigenvalue weighted by molar-refractivity contribution is 6.01. The lowest BCUT2D eigenvalue weighted by molar-refractivity contribution is -0.212. The van der Waals surface area contributed by atoms with Crippen molar-refractivity contribution in [3.8, 4) is 5.75 Å². The Labute approximate surface area is 227 Å². The highest BCUT2D eigenvalue weighted by Gasteiger charge is 2.78. The van der Waals surface area contributed by atoms with Crippen molar-refractivity contribution >= 4 is 11.6 Å². The van der Waals surface area contributed by atoms with Gasteiger partial charge in [-0.3, -0.25) is 14.5 Å². The minimum atomic E-state index is -2.17. The minimum absolute atomic E-state index is 0.0326. The lowest BCUT2D eigenvalue weighted by Crippen LogP contribution is -2.69. The first-order valence-electron chi connectivity index (χ1n) is 13.9. The fourth-order valence-corrected chi connectivity index (χ4v) is 9.63. The van der Waals surface area contributed by atoms with Crippen LogP contribution in [-0.4, -0.2) is 71.4 Å². The fourth-order valence-electron chi connectivity index (χ4n) is 9.63. The van der Waals surface area contributed by atoms with Gasteiger partial charge in [0.15, 0.2) is 17.2 Å². The predicted molar refractivity (Wildman–Crippen MR) is 140 cm³/mol. The zero-order valence-electron chi connectivity index (χ0n) is 22.7. The molecule has 0 radical (unpaired) electrons. The van der Waals surface area contributed by atoms with E-state index in [4.69, 9.17) is 4.74 Å². The third-order valence-electron chi connectivity index (χ3n) is 11.4. The van der Waals surface area contributed by atoms with Crippen molar-refractivity contribution in [1.29, 1.82) is 0 Å². The number of likely N-dealkylation sites (tertiary alicyclic amines) is 1. The maximum atomic E-state index is 17.5. The Kier molecular flexibility index (Phi) is 6.04. The van der Waals surface area contributed by atoms with E-state index in [0.29, 0.717) is 26.1 Å². The Balaban J connectivity index is 1.37. The Bertz CT molecular complexity index is 1260. The maximum absolute atomic E-state index is 17.5. The average Bonchev–Trinajstić information content (AvgIpc) is 3.39. The van der Waals surface area contributed by atoms with Crippen molar-refractivity contribution < 1.29 is 33.3 Å². The second-order valence-corrected chi connectivity index (χ2v) is 12.9. The van der Waals surface area contributed by atoms with Gasteiger partial charge in [-0.05, 0) is 78.9 Å². The smallest absolute Gasteiger partial charge is 0.178 e. The molecule has 6 rings (SSSR count). The van der Waals surface area contributed by atoms with E-state index >= 15 is 8.78 Å². The number of fused-ring (bicyclic) bond motifs is 7. The first-order valence-corrected chi connectivity index (χ1v) is 13.9. The normalized spacial score (nSPS) is 44.7. The molecule has 0 aromatic heterocycles. The number of carbonyl (C=O) groups is 2. The first-order chi connectivity index (χ1) is 18.4. The van der Waals surface area contributed by atoms with Gasteiger partial charge in [0.05, 0.1) is 18.6 Å². The maximum Gasteiger partial charge on any atom is 0.178 e. The Morgan fingerprint density at radius 1 is 1.18 bits per heavy atom. The third kappa shape index (κ3) is 3.34. The summed E-state index contributed by atoms with van der Waals surface area (Å²) >= 11 is 0. The molecule has 5 aliphatic rings. The van der Waals surface area contributed by atoms with Crippen LogP contribution in [0.1, 0.15) is 38.7 Å². The lowest BCUT2D eigenvalue weighted by atomic mass is 9.43. The number of aliphatic hydroxyl groups excluding tert-OH is 2. The van der Waals surface area contributed by atoms with Gasteiger partial charge in [-0.25, -0.2) is 8.78 Å². The molecule has 2 N–H and O–H groups in total. The molecule has 0 spiro atoms. The van der Waals surface area contributed by atoms with Gasteiger partial charge in [-0.15, -0.1) is 0 Å². The van der Waals surface area contributed by atoms with Crippen LogP contribution in [0.5, 0.6) is 5.75 Å². The summed E-state index contributed by atoms with van der Waals surface area (Å²) < 4.78 is 38.5. The van der Waals surface area contributed by atoms with Crippen molar-refractivity contribution in [1.82, 2.24) is 4.90 Å². The van der Waals surface area contributed by atoms with E-state index in [9.17, 15) is 19.8 Å². The summed E-state index contributed by atoms with van der Waals surface area (Å²) in [6, 6.07) is 7.75. The number of allylic oxidation sites excluding steroid dienone is 4. The number of hydrogen-bond donors (Lipinski definition) is 2. The van der Waals surface area contributed by atoms with Gasteiger partial charge >= 0.3 is 0 Å². The van der Waals surface area contributed by atoms with Crippen LogP contribution < -0.4 is 4.74 Å². The van der Waals surface area contributed by atoms with Gasteiger partial charge in [0.2, 0.25) is 0 Å². The van der Waals surface area contributed by atoms with Gasteiger partial charge in [-0.2, -0.15) is 0 Å². The third-order valence-corrected chi connectivity index (χ3v) is 11.4. The lowest BCUT2D eigenvalue weighted by Gasteiger charge is -2.63. The van der Waals surface area contributed by atoms with Crippen molar-refractivity contribution in [2.75, 3.05) is 26.8 Å². The van der Waals surface area contributed by atoms with E-state index in [1.165, 1.54) is 18.2 Å². The summed E-state index contributed by atoms with van der Waals surface area (Å²) in [4.78, 5) is 28.0. The number of aliphatic hydroxyl groups is 2. The van der Waals surface area contributed by atoms with Crippen LogP contribution in [-0.2, 0) is 16.1 Å². The number of halogens is 2. The summed E-state index contributed by atoms with van der Waals surface area (Å²) in [5, 5.41) is 21.8. The van der Waals surface area contributed by atoms with Crippen molar-refractivity contribution in [3.63, 3.8) is 0 Å². The molecule has 1 aromatic rings. The van der Waals surface area contributed by atoms with Crippen molar-refractivity contribution in [2.24, 2.45) is 34.0 Å². The molecule has 9 atom stereocenters. The number of ketones is 2. The quantitative estimate of drug-likeness (QED) is 0.593. The number of methoxy groups -OCH3 is 1. The van der Waals surface area contributed by atoms with Crippen LogP contribution >= 0.6 is 0 Å². The summed E-state index contributed by atoms with van der Waals surface area (Å²) in [7, 11) is 1.61. The summed E-state index contributed by atoms with van der Waals surface area (Å²) in [6.07, 6.45) is 1.36. The number of hydrogen-bond acceptors (Lipinski definition) is 6. The van der Waals surface area contributed by atoms with E-state index in [2.05, 4.69) is 4.90 Å². The fraction of sp³-hybridized carbons (Fsp3) is 0.613. The Morgan fingerprint density at radius 2 is 1.90 bits per heavy atom. The Hall–Kier alpha value is -2.42. The van der Waals surface area contributed by atoms with Crippen LogP contribution in [0.15, 0.2) is 48.1 Å². The van der Waals surface area contributed by atoms with Crippen LogP contribution in [0.25, 0.3) is 0 Å². The van der Waals surface area contributed by atoms with Gasteiger partial charge in [-0.1, -0.05) is 25.1 Å². The molecule has 0 unspecified atom stereocenters. The molecule has 6 nitrogen and oxygen atoms in total. The monoisotopic (exact) mass is 541 g/mol. The largest absolute Gasteiger partial charge is 0.497 e. The molecule has 0 amide bonds. The SMILES string of the molecule is COc1ccc(CN2C[C@@H]3C[C@H]4[C@@H]5C[C@H](F)C6=CC(=O)C=C[C@]6(C)[C@@]5(F)[C@@H](O)C[C@]4(C)[C@]3(C(=O)CO)C2)cc1. The van der Waals surface area contributed by atoms with Gasteiger partial charge in [0.25, 0.3) is 0 Å². The molecule has 3 saturated carbocycles. The average molecular weight is 542 g/mol. The molecule has 4 aliphatic carbocycles. The van der Waals surface area contributed by atoms with E-state index in [1.807, 2.05) is 31.2 Å². The van der Waals surface area contributed by atoms with E-state index in [-0.39, 0.29) is 41.8 Å². The molecule has 210 valence electrons. The van der Waals surface area contributed by atoms with Gasteiger partial charge in [0, 0.05) is 31.0 Å². The van der Waals surface area contributed by atoms with Crippen LogP contribution in [0, 0.1) is 34.0 Å². The van der Waals surface area contributed by atoms with Gasteiger partial charge < -0.3 is 14.9 Å². The molecule has 1 aliphatic heterocycles. The molecular weight excluding hydrogens is 504 g/mol. The number of alkyl halides is 2. The summed E-state index contributed by atoms with van der Waals surface area (Å²) in [5.74, 6) is -1.22. The van der Waals surface area contributed by atoms with E-state index in [0.717, 1.165) is 11.3 Å². The summed E-state index contributed by atoms with van der Waals surface area (Å²) in [5.41, 5.74) is -4.25. The zero-order valence-corrected chi connectivity index (χ0v) is 22.7. The molecule has 1 aromatic carbocycles. The zero-order chi connectivity index (χ0) is 28.0. The number of Topliss-reactive ketones (excluding diaryl/α,β-unsaturated/α-hetero) is 1. The standard InChI is InChI=1S/C31H37F2NO5/c1-28-9-8-20(36)11-24(28)25(32)12-23-22-10-19-15-34(14-18-4-6-21(39-3)7-5-18)17-30(19,27(38)16-35)29(22,2)13-26(37)31(23,28)33/h4-9,11,19,22-23,25-26,35,37H,10,12-17H2,1-3H3/t19-,22-,23-,25-,26-,28-,29-,30+,31-/m0/s1. The molecule has 1 heterocycles. The number of ether oxygens (including phenoxy) is 1. The first kappa shape index (κ1) is 26.8. The number of rotatable bonds is 5. The van der Waals surface area contributed by atoms with Crippen LogP contribution in [0.2, 0.25) is 0 Å². The Morgan fingerprint density at radius 3 is 2.56 bits per heavy atom. The summed E-state index contributed by atoms with van der Waals surface area (Å²) in [6.45, 7) is 4.52. The topological polar surface area (TPSA) is 87.1 Å². The molecule has 0 bridgehead atoms. The van der Waals surface area contributed by atoms with Crippen LogP contribution in [0.4, 0.5) is 8.78 Å². The highest BCUT2D eigenvalue weighted by Crippen LogP contribution is 2.74. The number of benzene rings is 1. The molecular formula is C31H37F2NO5.